The van der Waals surface area contributed by atoms with Crippen LogP contribution in [0.2, 0.25) is 0 Å². The Morgan fingerprint density at radius 1 is 1.35 bits per heavy atom. The van der Waals surface area contributed by atoms with Gasteiger partial charge in [-0.05, 0) is 12.1 Å². The summed E-state index contributed by atoms with van der Waals surface area (Å²) in [4.78, 5) is 29.2. The van der Waals surface area contributed by atoms with E-state index in [0.29, 0.717) is 6.54 Å². The number of carboxylic acids is 1. The molecule has 1 rings (SSSR count). The molecule has 0 radical (unpaired) electrons. The predicted molar refractivity (Wildman–Crippen MR) is 75.9 cm³/mol. The fourth-order valence-corrected chi connectivity index (χ4v) is 1.79. The zero-order chi connectivity index (χ0) is 15.3. The van der Waals surface area contributed by atoms with Gasteiger partial charge in [0.1, 0.15) is 0 Å². The Kier molecular flexibility index (Phi) is 5.25. The first-order chi connectivity index (χ1) is 9.21. The van der Waals surface area contributed by atoms with E-state index in [-0.39, 0.29) is 12.5 Å². The molecule has 1 N–H and O–H groups in total. The van der Waals surface area contributed by atoms with Gasteiger partial charge < -0.3 is 10.0 Å². The van der Waals surface area contributed by atoms with Crippen LogP contribution in [0.5, 0.6) is 0 Å². The number of aromatic nitrogens is 1. The predicted octanol–water partition coefficient (Wildman–Crippen LogP) is 2.18. The van der Waals surface area contributed by atoms with Gasteiger partial charge in [-0.2, -0.15) is 0 Å². The zero-order valence-electron chi connectivity index (χ0n) is 12.5. The molecule has 0 bridgehead atoms. The molecule has 0 aliphatic rings. The minimum atomic E-state index is -0.905. The number of amides is 1. The lowest BCUT2D eigenvalue weighted by molar-refractivity contribution is -0.146. The van der Waals surface area contributed by atoms with Crippen LogP contribution in [0.25, 0.3) is 0 Å². The molecule has 1 unspecified atom stereocenters. The van der Waals surface area contributed by atoms with Crippen LogP contribution in [-0.2, 0) is 16.1 Å². The van der Waals surface area contributed by atoms with Gasteiger partial charge in [-0.15, -0.1) is 0 Å². The molecule has 5 heteroatoms. The Bertz CT molecular complexity index is 466. The number of hydrogen-bond donors (Lipinski definition) is 1. The van der Waals surface area contributed by atoms with Crippen molar-refractivity contribution < 1.29 is 14.7 Å². The Labute approximate surface area is 119 Å². The highest BCUT2D eigenvalue weighted by atomic mass is 16.4. The maximum Gasteiger partial charge on any atom is 0.308 e. The normalized spacial score (nSPS) is 12.8. The van der Waals surface area contributed by atoms with Crippen LogP contribution >= 0.6 is 0 Å². The summed E-state index contributed by atoms with van der Waals surface area (Å²) in [5, 5.41) is 9.03. The van der Waals surface area contributed by atoms with Crippen molar-refractivity contribution in [2.45, 2.75) is 34.2 Å². The first-order valence-corrected chi connectivity index (χ1v) is 6.64. The fraction of sp³-hybridized carbons (Fsp3) is 0.533. The molecule has 1 heterocycles. The third-order valence-electron chi connectivity index (χ3n) is 2.92. The van der Waals surface area contributed by atoms with Gasteiger partial charge in [0, 0.05) is 18.2 Å². The van der Waals surface area contributed by atoms with Crippen molar-refractivity contribution in [2.75, 3.05) is 6.54 Å². The standard InChI is InChI=1S/C15H22N2O3/c1-11(13(18)19)9-17(14(20)15(2,3)4)10-12-7-5-6-8-16-12/h5-8,11H,9-10H2,1-4H3,(H,18,19). The molecular formula is C15H22N2O3. The molecule has 1 amide bonds. The van der Waals surface area contributed by atoms with Gasteiger partial charge in [-0.25, -0.2) is 0 Å². The number of nitrogens with zero attached hydrogens (tertiary/aromatic N) is 2. The second-order valence-corrected chi connectivity index (χ2v) is 6.00. The van der Waals surface area contributed by atoms with E-state index in [1.54, 1.807) is 24.1 Å². The number of carbonyl (C=O) groups excluding carboxylic acids is 1. The number of aliphatic carboxylic acids is 1. The molecule has 0 saturated heterocycles. The molecule has 0 saturated carbocycles. The highest BCUT2D eigenvalue weighted by Crippen LogP contribution is 2.20. The van der Waals surface area contributed by atoms with Crippen LogP contribution in [-0.4, -0.2) is 33.4 Å². The van der Waals surface area contributed by atoms with E-state index in [9.17, 15) is 9.59 Å². The van der Waals surface area contributed by atoms with Crippen LogP contribution < -0.4 is 0 Å². The van der Waals surface area contributed by atoms with Gasteiger partial charge >= 0.3 is 5.97 Å². The van der Waals surface area contributed by atoms with Gasteiger partial charge in [0.25, 0.3) is 0 Å². The monoisotopic (exact) mass is 278 g/mol. The number of carboxylic acid groups (broad SMARTS) is 1. The molecule has 0 fully saturated rings. The summed E-state index contributed by atoms with van der Waals surface area (Å²) in [6.45, 7) is 7.59. The highest BCUT2D eigenvalue weighted by Gasteiger charge is 2.29. The van der Waals surface area contributed by atoms with Crippen molar-refractivity contribution in [1.82, 2.24) is 9.88 Å². The summed E-state index contributed by atoms with van der Waals surface area (Å²) in [6.07, 6.45) is 1.66. The smallest absolute Gasteiger partial charge is 0.308 e. The molecule has 1 atom stereocenters. The quantitative estimate of drug-likeness (QED) is 0.896. The van der Waals surface area contributed by atoms with Crippen LogP contribution in [0.15, 0.2) is 24.4 Å². The largest absolute Gasteiger partial charge is 0.481 e. The maximum atomic E-state index is 12.4. The third-order valence-corrected chi connectivity index (χ3v) is 2.92. The van der Waals surface area contributed by atoms with E-state index in [1.807, 2.05) is 32.9 Å². The molecule has 0 aliphatic carbocycles. The number of carbonyl (C=O) groups is 2. The second kappa shape index (κ2) is 6.50. The van der Waals surface area contributed by atoms with Crippen molar-refractivity contribution in [1.29, 1.82) is 0 Å². The van der Waals surface area contributed by atoms with Gasteiger partial charge in [-0.3, -0.25) is 14.6 Å². The molecule has 5 nitrogen and oxygen atoms in total. The summed E-state index contributed by atoms with van der Waals surface area (Å²) < 4.78 is 0. The summed E-state index contributed by atoms with van der Waals surface area (Å²) in [6, 6.07) is 5.48. The third kappa shape index (κ3) is 4.64. The number of rotatable bonds is 5. The van der Waals surface area contributed by atoms with Gasteiger partial charge in [0.15, 0.2) is 0 Å². The van der Waals surface area contributed by atoms with Crippen LogP contribution in [0, 0.1) is 11.3 Å². The summed E-state index contributed by atoms with van der Waals surface area (Å²) in [7, 11) is 0. The minimum absolute atomic E-state index is 0.0729. The minimum Gasteiger partial charge on any atom is -0.481 e. The highest BCUT2D eigenvalue weighted by molar-refractivity contribution is 5.82. The molecule has 110 valence electrons. The molecule has 0 aromatic carbocycles. The van der Waals surface area contributed by atoms with E-state index in [4.69, 9.17) is 5.11 Å². The average molecular weight is 278 g/mol. The lowest BCUT2D eigenvalue weighted by atomic mass is 9.94. The van der Waals surface area contributed by atoms with Gasteiger partial charge in [-0.1, -0.05) is 33.8 Å². The summed E-state index contributed by atoms with van der Waals surface area (Å²) in [5.74, 6) is -1.58. The molecule has 0 spiro atoms. The van der Waals surface area contributed by atoms with Crippen LogP contribution in [0.1, 0.15) is 33.4 Å². The van der Waals surface area contributed by atoms with Crippen molar-refractivity contribution in [3.63, 3.8) is 0 Å². The van der Waals surface area contributed by atoms with Crippen LogP contribution in [0.4, 0.5) is 0 Å². The summed E-state index contributed by atoms with van der Waals surface area (Å²) >= 11 is 0. The van der Waals surface area contributed by atoms with E-state index < -0.39 is 17.3 Å². The van der Waals surface area contributed by atoms with Crippen molar-refractivity contribution >= 4 is 11.9 Å². The molecule has 20 heavy (non-hydrogen) atoms. The Morgan fingerprint density at radius 3 is 2.45 bits per heavy atom. The Hall–Kier alpha value is -1.91. The maximum absolute atomic E-state index is 12.4. The van der Waals surface area contributed by atoms with Gasteiger partial charge in [0.05, 0.1) is 18.2 Å². The molecule has 1 aromatic rings. The molecule has 1 aromatic heterocycles. The average Bonchev–Trinajstić information content (AvgIpc) is 2.37. The second-order valence-electron chi connectivity index (χ2n) is 6.00. The van der Waals surface area contributed by atoms with Crippen molar-refractivity contribution in [2.24, 2.45) is 11.3 Å². The number of hydrogen-bond acceptors (Lipinski definition) is 3. The molecular weight excluding hydrogens is 256 g/mol. The van der Waals surface area contributed by atoms with E-state index in [1.165, 1.54) is 0 Å². The van der Waals surface area contributed by atoms with Gasteiger partial charge in [0.2, 0.25) is 5.91 Å². The number of pyridine rings is 1. The Balaban J connectivity index is 2.90. The lowest BCUT2D eigenvalue weighted by Crippen LogP contribution is -2.42. The topological polar surface area (TPSA) is 70.5 Å². The summed E-state index contributed by atoms with van der Waals surface area (Å²) in [5.41, 5.74) is 0.204. The first kappa shape index (κ1) is 16.1. The van der Waals surface area contributed by atoms with Crippen LogP contribution in [0.3, 0.4) is 0 Å². The van der Waals surface area contributed by atoms with E-state index >= 15 is 0 Å². The van der Waals surface area contributed by atoms with E-state index in [0.717, 1.165) is 5.69 Å². The Morgan fingerprint density at radius 2 is 2.00 bits per heavy atom. The van der Waals surface area contributed by atoms with E-state index in [2.05, 4.69) is 4.98 Å². The van der Waals surface area contributed by atoms with Crippen molar-refractivity contribution in [3.05, 3.63) is 30.1 Å². The fourth-order valence-electron chi connectivity index (χ4n) is 1.79. The zero-order valence-corrected chi connectivity index (χ0v) is 12.5. The van der Waals surface area contributed by atoms with Crippen molar-refractivity contribution in [3.8, 4) is 0 Å². The first-order valence-electron chi connectivity index (χ1n) is 6.64. The molecule has 0 aliphatic heterocycles. The lowest BCUT2D eigenvalue weighted by Gasteiger charge is -2.30. The SMILES string of the molecule is CC(CN(Cc1ccccn1)C(=O)C(C)(C)C)C(=O)O.